The lowest BCUT2D eigenvalue weighted by atomic mass is 10.1. The molecule has 0 saturated heterocycles. The number of aromatic nitrogens is 2. The van der Waals surface area contributed by atoms with Crippen molar-refractivity contribution >= 4 is 22.6 Å². The molecule has 0 spiro atoms. The molecule has 0 aliphatic heterocycles. The third kappa shape index (κ3) is 2.59. The SMILES string of the molecule is Cc1ccc(Cn2cc(I)cn2)cc1C. The van der Waals surface area contributed by atoms with E-state index >= 15 is 0 Å². The highest BCUT2D eigenvalue weighted by Gasteiger charge is 1.99. The molecule has 0 radical (unpaired) electrons. The second-order valence-corrected chi connectivity index (χ2v) is 5.02. The van der Waals surface area contributed by atoms with E-state index in [1.165, 1.54) is 20.3 Å². The summed E-state index contributed by atoms with van der Waals surface area (Å²) in [6.07, 6.45) is 3.93. The van der Waals surface area contributed by atoms with Gasteiger partial charge in [0.15, 0.2) is 0 Å². The summed E-state index contributed by atoms with van der Waals surface area (Å²) in [5, 5.41) is 4.27. The van der Waals surface area contributed by atoms with Gasteiger partial charge in [-0.25, -0.2) is 0 Å². The minimum Gasteiger partial charge on any atom is -0.267 e. The molecule has 0 amide bonds. The highest BCUT2D eigenvalue weighted by atomic mass is 127. The molecule has 78 valence electrons. The molecular formula is C12H13IN2. The van der Waals surface area contributed by atoms with Crippen LogP contribution in [0.4, 0.5) is 0 Å². The van der Waals surface area contributed by atoms with Gasteiger partial charge >= 0.3 is 0 Å². The van der Waals surface area contributed by atoms with Gasteiger partial charge in [0.05, 0.1) is 16.3 Å². The average molecular weight is 312 g/mol. The first kappa shape index (κ1) is 10.7. The Morgan fingerprint density at radius 1 is 1.27 bits per heavy atom. The molecule has 3 heteroatoms. The summed E-state index contributed by atoms with van der Waals surface area (Å²) >= 11 is 2.27. The molecule has 0 aliphatic rings. The lowest BCUT2D eigenvalue weighted by molar-refractivity contribution is 0.686. The van der Waals surface area contributed by atoms with E-state index < -0.39 is 0 Å². The zero-order valence-electron chi connectivity index (χ0n) is 8.87. The fourth-order valence-corrected chi connectivity index (χ4v) is 1.96. The van der Waals surface area contributed by atoms with Gasteiger partial charge in [0, 0.05) is 6.20 Å². The predicted molar refractivity (Wildman–Crippen MR) is 70.0 cm³/mol. The minimum absolute atomic E-state index is 0.851. The summed E-state index contributed by atoms with van der Waals surface area (Å²) in [5.41, 5.74) is 3.99. The molecule has 0 saturated carbocycles. The molecule has 0 fully saturated rings. The lowest BCUT2D eigenvalue weighted by Crippen LogP contribution is -2.00. The average Bonchev–Trinajstić information content (AvgIpc) is 2.58. The summed E-state index contributed by atoms with van der Waals surface area (Å²) in [4.78, 5) is 0. The molecule has 2 rings (SSSR count). The monoisotopic (exact) mass is 312 g/mol. The maximum atomic E-state index is 4.27. The molecular weight excluding hydrogens is 299 g/mol. The van der Waals surface area contributed by atoms with Crippen LogP contribution >= 0.6 is 22.6 Å². The van der Waals surface area contributed by atoms with Gasteiger partial charge in [-0.15, -0.1) is 0 Å². The molecule has 2 nitrogen and oxygen atoms in total. The van der Waals surface area contributed by atoms with E-state index in [0.717, 1.165) is 6.54 Å². The Labute approximate surface area is 103 Å². The predicted octanol–water partition coefficient (Wildman–Crippen LogP) is 3.15. The summed E-state index contributed by atoms with van der Waals surface area (Å²) in [6, 6.07) is 6.56. The number of hydrogen-bond acceptors (Lipinski definition) is 1. The van der Waals surface area contributed by atoms with Crippen molar-refractivity contribution in [3.8, 4) is 0 Å². The van der Waals surface area contributed by atoms with E-state index in [2.05, 4.69) is 65.9 Å². The molecule has 0 N–H and O–H groups in total. The summed E-state index contributed by atoms with van der Waals surface area (Å²) < 4.78 is 3.14. The van der Waals surface area contributed by atoms with Crippen LogP contribution in [0.25, 0.3) is 0 Å². The summed E-state index contributed by atoms with van der Waals surface area (Å²) in [5.74, 6) is 0. The number of hydrogen-bond donors (Lipinski definition) is 0. The van der Waals surface area contributed by atoms with E-state index in [1.807, 2.05) is 10.9 Å². The van der Waals surface area contributed by atoms with Crippen LogP contribution in [0.5, 0.6) is 0 Å². The number of aryl methyl sites for hydroxylation is 2. The Bertz CT molecular complexity index is 474. The quantitative estimate of drug-likeness (QED) is 0.779. The van der Waals surface area contributed by atoms with Crippen molar-refractivity contribution in [2.24, 2.45) is 0 Å². The van der Waals surface area contributed by atoms with Gasteiger partial charge in [-0.3, -0.25) is 4.68 Å². The van der Waals surface area contributed by atoms with Crippen LogP contribution in [0.1, 0.15) is 16.7 Å². The van der Waals surface area contributed by atoms with Gasteiger partial charge < -0.3 is 0 Å². The topological polar surface area (TPSA) is 17.8 Å². The smallest absolute Gasteiger partial charge is 0.0659 e. The Balaban J connectivity index is 2.21. The second-order valence-electron chi connectivity index (χ2n) is 3.77. The fraction of sp³-hybridized carbons (Fsp3) is 0.250. The Hall–Kier alpha value is -0.840. The van der Waals surface area contributed by atoms with Crippen molar-refractivity contribution < 1.29 is 0 Å². The van der Waals surface area contributed by atoms with Gasteiger partial charge in [0.2, 0.25) is 0 Å². The third-order valence-electron chi connectivity index (χ3n) is 2.52. The van der Waals surface area contributed by atoms with Crippen molar-refractivity contribution in [1.82, 2.24) is 9.78 Å². The summed E-state index contributed by atoms with van der Waals surface area (Å²) in [7, 11) is 0. The van der Waals surface area contributed by atoms with Gasteiger partial charge in [-0.05, 0) is 53.1 Å². The van der Waals surface area contributed by atoms with Gasteiger partial charge in [0.1, 0.15) is 0 Å². The van der Waals surface area contributed by atoms with Crippen LogP contribution in [0.3, 0.4) is 0 Å². The zero-order chi connectivity index (χ0) is 10.8. The van der Waals surface area contributed by atoms with Crippen LogP contribution in [-0.4, -0.2) is 9.78 Å². The third-order valence-corrected chi connectivity index (χ3v) is 3.07. The molecule has 0 bridgehead atoms. The van der Waals surface area contributed by atoms with Crippen molar-refractivity contribution in [3.05, 3.63) is 50.9 Å². The van der Waals surface area contributed by atoms with Crippen LogP contribution < -0.4 is 0 Å². The summed E-state index contributed by atoms with van der Waals surface area (Å²) in [6.45, 7) is 5.13. The fourth-order valence-electron chi connectivity index (χ4n) is 1.51. The first-order valence-corrected chi connectivity index (χ1v) is 5.97. The van der Waals surface area contributed by atoms with Crippen molar-refractivity contribution in [3.63, 3.8) is 0 Å². The number of benzene rings is 1. The largest absolute Gasteiger partial charge is 0.267 e. The first-order valence-electron chi connectivity index (χ1n) is 4.89. The molecule has 0 unspecified atom stereocenters. The Morgan fingerprint density at radius 3 is 2.67 bits per heavy atom. The number of rotatable bonds is 2. The van der Waals surface area contributed by atoms with E-state index in [9.17, 15) is 0 Å². The Morgan fingerprint density at radius 2 is 2.07 bits per heavy atom. The normalized spacial score (nSPS) is 10.6. The molecule has 1 aromatic heterocycles. The molecule has 0 aliphatic carbocycles. The number of halogens is 1. The first-order chi connectivity index (χ1) is 7.15. The second kappa shape index (κ2) is 4.35. The van der Waals surface area contributed by atoms with Crippen molar-refractivity contribution in [1.29, 1.82) is 0 Å². The van der Waals surface area contributed by atoms with Crippen molar-refractivity contribution in [2.45, 2.75) is 20.4 Å². The van der Waals surface area contributed by atoms with E-state index in [4.69, 9.17) is 0 Å². The molecule has 2 aromatic rings. The maximum absolute atomic E-state index is 4.27. The van der Waals surface area contributed by atoms with Gasteiger partial charge in [-0.1, -0.05) is 18.2 Å². The van der Waals surface area contributed by atoms with Crippen LogP contribution in [0, 0.1) is 17.4 Å². The van der Waals surface area contributed by atoms with E-state index in [0.29, 0.717) is 0 Å². The van der Waals surface area contributed by atoms with Gasteiger partial charge in [-0.2, -0.15) is 5.10 Å². The van der Waals surface area contributed by atoms with Crippen molar-refractivity contribution in [2.75, 3.05) is 0 Å². The Kier molecular flexibility index (Phi) is 3.09. The van der Waals surface area contributed by atoms with Crippen LogP contribution in [-0.2, 0) is 6.54 Å². The number of nitrogens with zero attached hydrogens (tertiary/aromatic N) is 2. The van der Waals surface area contributed by atoms with Crippen LogP contribution in [0.15, 0.2) is 30.6 Å². The molecule has 1 aromatic carbocycles. The highest BCUT2D eigenvalue weighted by molar-refractivity contribution is 14.1. The van der Waals surface area contributed by atoms with Gasteiger partial charge in [0.25, 0.3) is 0 Å². The van der Waals surface area contributed by atoms with E-state index in [-0.39, 0.29) is 0 Å². The maximum Gasteiger partial charge on any atom is 0.0659 e. The molecule has 1 heterocycles. The molecule has 15 heavy (non-hydrogen) atoms. The lowest BCUT2D eigenvalue weighted by Gasteiger charge is -2.05. The zero-order valence-corrected chi connectivity index (χ0v) is 11.0. The standard InChI is InChI=1S/C12H13IN2/c1-9-3-4-11(5-10(9)2)7-15-8-12(13)6-14-15/h3-6,8H,7H2,1-2H3. The highest BCUT2D eigenvalue weighted by Crippen LogP contribution is 2.11. The van der Waals surface area contributed by atoms with Crippen LogP contribution in [0.2, 0.25) is 0 Å². The minimum atomic E-state index is 0.851. The molecule has 0 atom stereocenters. The van der Waals surface area contributed by atoms with E-state index in [1.54, 1.807) is 0 Å².